The molecule has 1 rings (SSSR count). The molecule has 0 aliphatic carbocycles. The van der Waals surface area contributed by atoms with Crippen LogP contribution in [0.1, 0.15) is 21.7 Å². The molecular weight excluding hydrogens is 164 g/mol. The van der Waals surface area contributed by atoms with Crippen molar-refractivity contribution in [2.24, 2.45) is 0 Å². The summed E-state index contributed by atoms with van der Waals surface area (Å²) >= 11 is 0. The van der Waals surface area contributed by atoms with Crippen LogP contribution in [0.5, 0.6) is 0 Å². The van der Waals surface area contributed by atoms with Crippen molar-refractivity contribution < 1.29 is 4.79 Å². The van der Waals surface area contributed by atoms with E-state index in [1.165, 1.54) is 0 Å². The molecule has 0 saturated carbocycles. The van der Waals surface area contributed by atoms with Crippen LogP contribution < -0.4 is 5.32 Å². The Morgan fingerprint density at radius 2 is 2.15 bits per heavy atom. The fourth-order valence-electron chi connectivity index (χ4n) is 1.15. The van der Waals surface area contributed by atoms with Crippen LogP contribution in [0.3, 0.4) is 0 Å². The summed E-state index contributed by atoms with van der Waals surface area (Å²) in [7, 11) is 1.75. The second-order valence-corrected chi connectivity index (χ2v) is 3.07. The van der Waals surface area contributed by atoms with Crippen LogP contribution in [0.4, 0.5) is 0 Å². The molecule has 3 nitrogen and oxygen atoms in total. The molecule has 3 heteroatoms. The van der Waals surface area contributed by atoms with Gasteiger partial charge in [0, 0.05) is 5.69 Å². The Morgan fingerprint density at radius 1 is 1.46 bits per heavy atom. The summed E-state index contributed by atoms with van der Waals surface area (Å²) in [6.45, 7) is 4.13. The molecule has 0 amide bonds. The third-order valence-corrected chi connectivity index (χ3v) is 1.84. The van der Waals surface area contributed by atoms with Gasteiger partial charge in [0.15, 0.2) is 5.78 Å². The van der Waals surface area contributed by atoms with Crippen molar-refractivity contribution in [1.29, 1.82) is 0 Å². The lowest BCUT2D eigenvalue weighted by Gasteiger charge is -2.04. The molecule has 0 aliphatic heterocycles. The standard InChI is InChI=1S/C10H14N2O/c1-7-4-5-8(2)12-10(7)9(13)6-11-3/h4-5,11H,6H2,1-3H3. The van der Waals surface area contributed by atoms with Gasteiger partial charge in [0.2, 0.25) is 0 Å². The molecule has 0 atom stereocenters. The van der Waals surface area contributed by atoms with Gasteiger partial charge >= 0.3 is 0 Å². The Bertz CT molecular complexity index is 321. The van der Waals surface area contributed by atoms with E-state index in [-0.39, 0.29) is 5.78 Å². The zero-order chi connectivity index (χ0) is 9.84. The number of nitrogens with zero attached hydrogens (tertiary/aromatic N) is 1. The van der Waals surface area contributed by atoms with Crippen molar-refractivity contribution >= 4 is 5.78 Å². The van der Waals surface area contributed by atoms with E-state index in [4.69, 9.17) is 0 Å². The Hall–Kier alpha value is -1.22. The number of aromatic nitrogens is 1. The zero-order valence-corrected chi connectivity index (χ0v) is 8.22. The molecule has 1 N–H and O–H groups in total. The number of likely N-dealkylation sites (N-methyl/N-ethyl adjacent to an activating group) is 1. The first-order valence-corrected chi connectivity index (χ1v) is 4.27. The fourth-order valence-corrected chi connectivity index (χ4v) is 1.15. The minimum absolute atomic E-state index is 0.0451. The molecule has 0 bridgehead atoms. The smallest absolute Gasteiger partial charge is 0.195 e. The van der Waals surface area contributed by atoms with E-state index < -0.39 is 0 Å². The van der Waals surface area contributed by atoms with Gasteiger partial charge in [-0.1, -0.05) is 6.07 Å². The number of hydrogen-bond donors (Lipinski definition) is 1. The predicted molar refractivity (Wildman–Crippen MR) is 52.0 cm³/mol. The summed E-state index contributed by atoms with van der Waals surface area (Å²) < 4.78 is 0. The molecule has 0 aliphatic rings. The monoisotopic (exact) mass is 178 g/mol. The number of carbonyl (C=O) groups excluding carboxylic acids is 1. The van der Waals surface area contributed by atoms with Crippen LogP contribution in [0.25, 0.3) is 0 Å². The minimum atomic E-state index is 0.0451. The summed E-state index contributed by atoms with van der Waals surface area (Å²) in [5, 5.41) is 2.82. The van der Waals surface area contributed by atoms with Gasteiger partial charge in [-0.3, -0.25) is 4.79 Å². The zero-order valence-electron chi connectivity index (χ0n) is 8.22. The quantitative estimate of drug-likeness (QED) is 0.705. The summed E-state index contributed by atoms with van der Waals surface area (Å²) in [5.41, 5.74) is 2.39. The Labute approximate surface area is 78.2 Å². The Morgan fingerprint density at radius 3 is 2.77 bits per heavy atom. The van der Waals surface area contributed by atoms with E-state index in [1.54, 1.807) is 7.05 Å². The molecule has 0 aromatic carbocycles. The lowest BCUT2D eigenvalue weighted by molar-refractivity contribution is 0.0988. The van der Waals surface area contributed by atoms with Gasteiger partial charge < -0.3 is 5.32 Å². The average molecular weight is 178 g/mol. The molecule has 1 heterocycles. The van der Waals surface area contributed by atoms with E-state index in [1.807, 2.05) is 26.0 Å². The van der Waals surface area contributed by atoms with Gasteiger partial charge in [-0.15, -0.1) is 0 Å². The molecular formula is C10H14N2O. The number of carbonyl (C=O) groups is 1. The van der Waals surface area contributed by atoms with Crippen molar-refractivity contribution in [2.45, 2.75) is 13.8 Å². The Kier molecular flexibility index (Phi) is 3.14. The van der Waals surface area contributed by atoms with Gasteiger partial charge in [-0.2, -0.15) is 0 Å². The van der Waals surface area contributed by atoms with Gasteiger partial charge in [-0.05, 0) is 32.5 Å². The molecule has 1 aromatic rings. The van der Waals surface area contributed by atoms with E-state index in [0.29, 0.717) is 12.2 Å². The highest BCUT2D eigenvalue weighted by Gasteiger charge is 2.09. The summed E-state index contributed by atoms with van der Waals surface area (Å²) in [6, 6.07) is 3.83. The number of hydrogen-bond acceptors (Lipinski definition) is 3. The largest absolute Gasteiger partial charge is 0.313 e. The van der Waals surface area contributed by atoms with E-state index in [2.05, 4.69) is 10.3 Å². The lowest BCUT2D eigenvalue weighted by atomic mass is 10.1. The average Bonchev–Trinajstić information content (AvgIpc) is 2.09. The number of aryl methyl sites for hydroxylation is 2. The summed E-state index contributed by atoms with van der Waals surface area (Å²) in [4.78, 5) is 15.7. The van der Waals surface area contributed by atoms with Gasteiger partial charge in [0.25, 0.3) is 0 Å². The van der Waals surface area contributed by atoms with Crippen molar-refractivity contribution in [2.75, 3.05) is 13.6 Å². The van der Waals surface area contributed by atoms with Crippen LogP contribution in [-0.4, -0.2) is 24.4 Å². The third-order valence-electron chi connectivity index (χ3n) is 1.84. The van der Waals surface area contributed by atoms with Crippen LogP contribution in [-0.2, 0) is 0 Å². The van der Waals surface area contributed by atoms with Gasteiger partial charge in [0.1, 0.15) is 5.69 Å². The number of pyridine rings is 1. The maximum Gasteiger partial charge on any atom is 0.195 e. The fraction of sp³-hybridized carbons (Fsp3) is 0.400. The topological polar surface area (TPSA) is 42.0 Å². The number of nitrogens with one attached hydrogen (secondary N) is 1. The van der Waals surface area contributed by atoms with Crippen molar-refractivity contribution in [3.8, 4) is 0 Å². The number of rotatable bonds is 3. The molecule has 0 spiro atoms. The highest BCUT2D eigenvalue weighted by molar-refractivity contribution is 5.97. The lowest BCUT2D eigenvalue weighted by Crippen LogP contribution is -2.20. The van der Waals surface area contributed by atoms with Crippen LogP contribution in [0.2, 0.25) is 0 Å². The highest BCUT2D eigenvalue weighted by Crippen LogP contribution is 2.06. The van der Waals surface area contributed by atoms with E-state index >= 15 is 0 Å². The first kappa shape index (κ1) is 9.86. The van der Waals surface area contributed by atoms with Crippen LogP contribution in [0, 0.1) is 13.8 Å². The molecule has 0 radical (unpaired) electrons. The first-order valence-electron chi connectivity index (χ1n) is 4.27. The van der Waals surface area contributed by atoms with Gasteiger partial charge in [0.05, 0.1) is 6.54 Å². The normalized spacial score (nSPS) is 10.1. The maximum atomic E-state index is 11.5. The number of ketones is 1. The SMILES string of the molecule is CNCC(=O)c1nc(C)ccc1C. The molecule has 1 aromatic heterocycles. The molecule has 0 fully saturated rings. The molecule has 13 heavy (non-hydrogen) atoms. The summed E-state index contributed by atoms with van der Waals surface area (Å²) in [6.07, 6.45) is 0. The molecule has 0 saturated heterocycles. The Balaban J connectivity index is 2.99. The van der Waals surface area contributed by atoms with Crippen LogP contribution >= 0.6 is 0 Å². The van der Waals surface area contributed by atoms with Crippen LogP contribution in [0.15, 0.2) is 12.1 Å². The minimum Gasteiger partial charge on any atom is -0.313 e. The van der Waals surface area contributed by atoms with E-state index in [9.17, 15) is 4.79 Å². The number of Topliss-reactive ketones (excluding diaryl/α,β-unsaturated/α-hetero) is 1. The van der Waals surface area contributed by atoms with Crippen molar-refractivity contribution in [3.63, 3.8) is 0 Å². The van der Waals surface area contributed by atoms with E-state index in [0.717, 1.165) is 11.3 Å². The first-order chi connectivity index (χ1) is 6.15. The third kappa shape index (κ3) is 2.36. The van der Waals surface area contributed by atoms with Crippen molar-refractivity contribution in [3.05, 3.63) is 29.1 Å². The highest BCUT2D eigenvalue weighted by atomic mass is 16.1. The molecule has 0 unspecified atom stereocenters. The predicted octanol–water partition coefficient (Wildman–Crippen LogP) is 1.10. The maximum absolute atomic E-state index is 11.5. The second kappa shape index (κ2) is 4.14. The van der Waals surface area contributed by atoms with Gasteiger partial charge in [-0.25, -0.2) is 4.98 Å². The second-order valence-electron chi connectivity index (χ2n) is 3.07. The summed E-state index contributed by atoms with van der Waals surface area (Å²) in [5.74, 6) is 0.0451. The molecule has 70 valence electrons. The van der Waals surface area contributed by atoms with Crippen molar-refractivity contribution in [1.82, 2.24) is 10.3 Å².